The van der Waals surface area contributed by atoms with Crippen molar-refractivity contribution in [2.24, 2.45) is 11.8 Å². The topological polar surface area (TPSA) is 177 Å². The average molecular weight is 797 g/mol. The monoisotopic (exact) mass is 796 g/mol. The molecule has 55 heavy (non-hydrogen) atoms. The van der Waals surface area contributed by atoms with Gasteiger partial charge in [-0.15, -0.1) is 0 Å². The van der Waals surface area contributed by atoms with Crippen LogP contribution in [0.5, 0.6) is 0 Å². The van der Waals surface area contributed by atoms with Gasteiger partial charge in [-0.05, 0) is 63.7 Å². The van der Waals surface area contributed by atoms with Crippen LogP contribution >= 0.6 is 7.82 Å². The van der Waals surface area contributed by atoms with Crippen LogP contribution in [0.25, 0.3) is 0 Å². The van der Waals surface area contributed by atoms with E-state index in [9.17, 15) is 29.2 Å². The van der Waals surface area contributed by atoms with E-state index in [-0.39, 0.29) is 37.6 Å². The van der Waals surface area contributed by atoms with E-state index in [1.165, 1.54) is 38.5 Å². The summed E-state index contributed by atoms with van der Waals surface area (Å²) in [7, 11) is -4.83. The molecule has 0 saturated heterocycles. The van der Waals surface area contributed by atoms with Gasteiger partial charge in [-0.3, -0.25) is 18.9 Å². The second kappa shape index (κ2) is 32.7. The van der Waals surface area contributed by atoms with Gasteiger partial charge in [-0.1, -0.05) is 133 Å². The van der Waals surface area contributed by atoms with E-state index >= 15 is 0 Å². The Kier molecular flexibility index (Phi) is 30.1. The van der Waals surface area contributed by atoms with Crippen molar-refractivity contribution in [1.82, 2.24) is 0 Å². The quantitative estimate of drug-likeness (QED) is 0.0211. The SMILES string of the molecule is CCCCCCCC/C=C\C/C=C\C/C=C\CCCC(=O)OC[C@H](COP(=O)(O)O)OC(=O)CCCCCC[C@H]1[C@@H](O)CC(=O)[C@@H]1/C=C/[C@@H](O)CCCCC. The lowest BCUT2D eigenvalue weighted by molar-refractivity contribution is -0.161. The zero-order chi connectivity index (χ0) is 40.6. The van der Waals surface area contributed by atoms with Gasteiger partial charge in [0.2, 0.25) is 0 Å². The minimum absolute atomic E-state index is 0.0102. The van der Waals surface area contributed by atoms with Crippen molar-refractivity contribution in [3.05, 3.63) is 48.6 Å². The summed E-state index contributed by atoms with van der Waals surface area (Å²) in [5.41, 5.74) is 0. The number of aliphatic hydroxyl groups excluding tert-OH is 2. The van der Waals surface area contributed by atoms with Crippen LogP contribution in [0.3, 0.4) is 0 Å². The maximum atomic E-state index is 12.5. The third kappa shape index (κ3) is 28.6. The van der Waals surface area contributed by atoms with Gasteiger partial charge in [-0.2, -0.15) is 0 Å². The molecule has 0 aromatic carbocycles. The van der Waals surface area contributed by atoms with Crippen LogP contribution in [0.2, 0.25) is 0 Å². The summed E-state index contributed by atoms with van der Waals surface area (Å²) < 4.78 is 26.3. The minimum Gasteiger partial charge on any atom is -0.462 e. The summed E-state index contributed by atoms with van der Waals surface area (Å²) in [5.74, 6) is -1.72. The lowest BCUT2D eigenvalue weighted by atomic mass is 9.88. The first-order valence-corrected chi connectivity index (χ1v) is 22.6. The molecule has 5 atom stereocenters. The fourth-order valence-electron chi connectivity index (χ4n) is 6.53. The highest BCUT2D eigenvalue weighted by molar-refractivity contribution is 7.46. The van der Waals surface area contributed by atoms with Crippen molar-refractivity contribution in [3.8, 4) is 0 Å². The zero-order valence-corrected chi connectivity index (χ0v) is 34.7. The number of ether oxygens (including phenoxy) is 2. The van der Waals surface area contributed by atoms with Crippen LogP contribution in [0.4, 0.5) is 0 Å². The Morgan fingerprint density at radius 2 is 1.35 bits per heavy atom. The first kappa shape index (κ1) is 50.6. The number of hydrogen-bond acceptors (Lipinski definition) is 9. The Labute approximate surface area is 331 Å². The largest absolute Gasteiger partial charge is 0.469 e. The summed E-state index contributed by atoms with van der Waals surface area (Å²) in [6, 6.07) is 0. The Hall–Kier alpha value is -2.40. The molecule has 0 bridgehead atoms. The maximum Gasteiger partial charge on any atom is 0.469 e. The van der Waals surface area contributed by atoms with E-state index in [2.05, 4.69) is 48.8 Å². The second-order valence-electron chi connectivity index (χ2n) is 14.7. The highest BCUT2D eigenvalue weighted by Gasteiger charge is 2.39. The fourth-order valence-corrected chi connectivity index (χ4v) is 6.89. The number of rotatable bonds is 34. The summed E-state index contributed by atoms with van der Waals surface area (Å²) in [6.07, 6.45) is 33.2. The number of allylic oxidation sites excluding steroid dienone is 7. The van der Waals surface area contributed by atoms with Crippen LogP contribution in [0.1, 0.15) is 162 Å². The van der Waals surface area contributed by atoms with Gasteiger partial charge < -0.3 is 29.5 Å². The van der Waals surface area contributed by atoms with Gasteiger partial charge in [-0.25, -0.2) is 4.57 Å². The number of aliphatic hydroxyl groups is 2. The van der Waals surface area contributed by atoms with Crippen molar-refractivity contribution in [2.45, 2.75) is 180 Å². The standard InChI is InChI=1S/C43H73O11P/c1-3-5-7-8-9-10-11-12-13-14-15-16-17-18-19-20-25-29-42(47)52-34-37(35-53-55(49,50)51)54-43(48)30-26-22-21-24-28-38-39(41(46)33-40(38)45)32-31-36(44)27-23-6-4-2/h12-13,15-16,18-19,31-32,36-40,44-45H,3-11,14,17,20-30,33-35H2,1-2H3,(H2,49,50,51)/b13-12-,16-15-,19-18-,32-31+/t36-,37+,38+,39+,40-/m0/s1. The van der Waals surface area contributed by atoms with Crippen molar-refractivity contribution in [3.63, 3.8) is 0 Å². The van der Waals surface area contributed by atoms with Gasteiger partial charge >= 0.3 is 19.8 Å². The van der Waals surface area contributed by atoms with E-state index in [0.29, 0.717) is 38.5 Å². The van der Waals surface area contributed by atoms with Gasteiger partial charge in [0.05, 0.1) is 18.8 Å². The van der Waals surface area contributed by atoms with Crippen LogP contribution in [0, 0.1) is 11.8 Å². The molecule has 0 unspecified atom stereocenters. The molecule has 4 N–H and O–H groups in total. The molecule has 1 fully saturated rings. The summed E-state index contributed by atoms with van der Waals surface area (Å²) >= 11 is 0. The highest BCUT2D eigenvalue weighted by Crippen LogP contribution is 2.36. The van der Waals surface area contributed by atoms with Gasteiger partial charge in [0.15, 0.2) is 6.10 Å². The molecule has 0 radical (unpaired) electrons. The van der Waals surface area contributed by atoms with E-state index in [0.717, 1.165) is 51.4 Å². The minimum atomic E-state index is -4.83. The van der Waals surface area contributed by atoms with E-state index in [1.807, 2.05) is 6.08 Å². The number of Topliss-reactive ketones (excluding diaryl/α,β-unsaturated/α-hetero) is 1. The van der Waals surface area contributed by atoms with Gasteiger partial charge in [0, 0.05) is 25.2 Å². The molecule has 0 aromatic heterocycles. The Balaban J connectivity index is 2.30. The first-order valence-electron chi connectivity index (χ1n) is 21.0. The summed E-state index contributed by atoms with van der Waals surface area (Å²) in [4.78, 5) is 55.5. The molecule has 1 rings (SSSR count). The highest BCUT2D eigenvalue weighted by atomic mass is 31.2. The lowest BCUT2D eigenvalue weighted by Crippen LogP contribution is -2.29. The van der Waals surface area contributed by atoms with Gasteiger partial charge in [0.1, 0.15) is 12.4 Å². The van der Waals surface area contributed by atoms with Crippen LogP contribution in [0.15, 0.2) is 48.6 Å². The summed E-state index contributed by atoms with van der Waals surface area (Å²) in [5, 5.41) is 20.7. The molecular weight excluding hydrogens is 723 g/mol. The molecule has 316 valence electrons. The molecule has 0 heterocycles. The van der Waals surface area contributed by atoms with Crippen molar-refractivity contribution in [1.29, 1.82) is 0 Å². The second-order valence-corrected chi connectivity index (χ2v) is 16.0. The first-order chi connectivity index (χ1) is 26.5. The molecule has 1 saturated carbocycles. The average Bonchev–Trinajstić information content (AvgIpc) is 3.41. The molecule has 1 aliphatic carbocycles. The third-order valence-electron chi connectivity index (χ3n) is 9.73. The lowest BCUT2D eigenvalue weighted by Gasteiger charge is -2.19. The number of carbonyl (C=O) groups is 3. The van der Waals surface area contributed by atoms with E-state index in [4.69, 9.17) is 19.3 Å². The molecule has 0 aromatic rings. The fraction of sp³-hybridized carbons (Fsp3) is 0.744. The zero-order valence-electron chi connectivity index (χ0n) is 33.8. The number of phosphoric acid groups is 1. The Bertz CT molecular complexity index is 1190. The molecule has 0 spiro atoms. The molecule has 12 heteroatoms. The number of hydrogen-bond donors (Lipinski definition) is 4. The van der Waals surface area contributed by atoms with E-state index in [1.54, 1.807) is 12.2 Å². The van der Waals surface area contributed by atoms with Crippen LogP contribution in [-0.2, 0) is 32.9 Å². The number of phosphoric ester groups is 1. The molecule has 11 nitrogen and oxygen atoms in total. The molecular formula is C43H73O11P. The predicted molar refractivity (Wildman–Crippen MR) is 217 cm³/mol. The van der Waals surface area contributed by atoms with Crippen LogP contribution < -0.4 is 0 Å². The Morgan fingerprint density at radius 1 is 0.764 bits per heavy atom. The number of carbonyl (C=O) groups excluding carboxylic acids is 3. The van der Waals surface area contributed by atoms with Crippen molar-refractivity contribution < 1.29 is 52.9 Å². The smallest absolute Gasteiger partial charge is 0.462 e. The van der Waals surface area contributed by atoms with Gasteiger partial charge in [0.25, 0.3) is 0 Å². The number of esters is 2. The Morgan fingerprint density at radius 3 is 2.04 bits per heavy atom. The summed E-state index contributed by atoms with van der Waals surface area (Å²) in [6.45, 7) is 3.33. The molecule has 0 aliphatic heterocycles. The number of ketones is 1. The van der Waals surface area contributed by atoms with Crippen molar-refractivity contribution >= 4 is 25.5 Å². The van der Waals surface area contributed by atoms with Crippen LogP contribution in [-0.4, -0.2) is 69.2 Å². The van der Waals surface area contributed by atoms with E-state index < -0.39 is 50.6 Å². The number of unbranched alkanes of at least 4 members (excludes halogenated alkanes) is 12. The van der Waals surface area contributed by atoms with Crippen molar-refractivity contribution in [2.75, 3.05) is 13.2 Å². The molecule has 0 amide bonds. The molecule has 1 aliphatic rings. The third-order valence-corrected chi connectivity index (χ3v) is 10.2. The normalized spacial score (nSPS) is 19.0. The predicted octanol–water partition coefficient (Wildman–Crippen LogP) is 9.32. The maximum absolute atomic E-state index is 12.5.